The predicted molar refractivity (Wildman–Crippen MR) is 226 cm³/mol. The molecule has 0 spiro atoms. The zero-order chi connectivity index (χ0) is 37.6. The maximum absolute atomic E-state index is 14.5. The van der Waals surface area contributed by atoms with Crippen LogP contribution in [0.2, 0.25) is 10.0 Å². The lowest BCUT2D eigenvalue weighted by molar-refractivity contribution is -0.153. The first-order valence-corrected chi connectivity index (χ1v) is 22.2. The van der Waals surface area contributed by atoms with Gasteiger partial charge < -0.3 is 35.3 Å². The van der Waals surface area contributed by atoms with Crippen LogP contribution in [0.3, 0.4) is 0 Å². The van der Waals surface area contributed by atoms with Gasteiger partial charge in [-0.25, -0.2) is 0 Å². The number of carboxylic acids is 1. The first-order valence-electron chi connectivity index (χ1n) is 19.5. The topological polar surface area (TPSA) is 147 Å². The number of nitrogens with one attached hydrogen (secondary N) is 4. The number of H-pyrrole nitrogens is 2. The summed E-state index contributed by atoms with van der Waals surface area (Å²) in [5.74, 6) is -2.29. The monoisotopic (exact) mass is 821 g/mol. The lowest BCUT2D eigenvalue weighted by Crippen LogP contribution is -2.52. The first-order chi connectivity index (χ1) is 26.8. The molecule has 1 amide bonds. The Morgan fingerprint density at radius 2 is 1.22 bits per heavy atom. The van der Waals surface area contributed by atoms with Crippen molar-refractivity contribution in [1.82, 2.24) is 14.9 Å². The van der Waals surface area contributed by atoms with Crippen molar-refractivity contribution in [3.63, 3.8) is 0 Å². The van der Waals surface area contributed by atoms with Crippen LogP contribution in [0, 0.1) is 11.8 Å². The minimum Gasteiger partial charge on any atom is -0.481 e. The number of fused-ring (bicyclic) bond motifs is 2. The Bertz CT molecular complexity index is 2170. The largest absolute Gasteiger partial charge is 0.481 e. The molecule has 55 heavy (non-hydrogen) atoms. The van der Waals surface area contributed by atoms with Gasteiger partial charge in [0.1, 0.15) is 10.1 Å². The molecular weight excluding hydrogens is 778 g/mol. The van der Waals surface area contributed by atoms with Crippen molar-refractivity contribution in [3.8, 4) is 0 Å². The standard InChI is InChI=1S/C40H45Cl2N7O4S2/c41-23-13-21-15-29(45-35(21)27(17-23)43-25-5-1-2-6-25)37-47-31(19-54-37)33(39(50)49-9-11-53-12-10-49)34(40(51)52)32-20-55-38(48-32)30-16-22-14-24(42)18-28(36(22)46-30)44-26-7-3-4-8-26/h13-18,25-26,31-34,43-46H,1-12,19-20H2,(H,51,52)/t31-,32-,33?,34?/m0/s1. The maximum Gasteiger partial charge on any atom is 0.309 e. The van der Waals surface area contributed by atoms with Crippen molar-refractivity contribution < 1.29 is 19.4 Å². The van der Waals surface area contributed by atoms with Crippen LogP contribution in [0.15, 0.2) is 46.4 Å². The second-order valence-electron chi connectivity index (χ2n) is 15.4. The molecule has 3 fully saturated rings. The molecule has 3 aliphatic heterocycles. The quantitative estimate of drug-likeness (QED) is 0.102. The molecule has 11 nitrogen and oxygen atoms in total. The average molecular weight is 823 g/mol. The molecule has 5 aliphatic rings. The number of hydrogen-bond donors (Lipinski definition) is 5. The first kappa shape index (κ1) is 37.2. The lowest BCUT2D eigenvalue weighted by atomic mass is 9.81. The maximum atomic E-state index is 14.5. The predicted octanol–water partition coefficient (Wildman–Crippen LogP) is 8.27. The van der Waals surface area contributed by atoms with Gasteiger partial charge in [-0.05, 0) is 62.1 Å². The SMILES string of the molecule is O=C(O)C(C(C(=O)N1CCOCC1)[C@@H]1CSC(c2cc3cc(Cl)cc(NC4CCCC4)c3[nH]2)=N1)[C@@H]1CSC(c2cc3cc(Cl)cc(NC4CCCC4)c3[nH]2)=N1. The summed E-state index contributed by atoms with van der Waals surface area (Å²) in [7, 11) is 0. The highest BCUT2D eigenvalue weighted by atomic mass is 35.5. The fraction of sp³-hybridized carbons (Fsp3) is 0.500. The van der Waals surface area contributed by atoms with Crippen LogP contribution in [-0.2, 0) is 14.3 Å². The minimum absolute atomic E-state index is 0.200. The Kier molecular flexibility index (Phi) is 10.8. The third kappa shape index (κ3) is 7.71. The van der Waals surface area contributed by atoms with E-state index in [0.717, 1.165) is 80.3 Å². The number of morpholine rings is 1. The van der Waals surface area contributed by atoms with E-state index < -0.39 is 29.9 Å². The summed E-state index contributed by atoms with van der Waals surface area (Å²) in [6.45, 7) is 1.67. The number of aliphatic imine (C=N–C) groups is 2. The van der Waals surface area contributed by atoms with Gasteiger partial charge in [-0.3, -0.25) is 19.6 Å². The zero-order valence-corrected chi connectivity index (χ0v) is 33.6. The molecule has 2 aliphatic carbocycles. The fourth-order valence-corrected chi connectivity index (χ4v) is 11.6. The van der Waals surface area contributed by atoms with Gasteiger partial charge >= 0.3 is 5.97 Å². The normalized spacial score (nSPS) is 23.4. The third-order valence-electron chi connectivity index (χ3n) is 11.7. The second-order valence-corrected chi connectivity index (χ2v) is 18.3. The van der Waals surface area contributed by atoms with Gasteiger partial charge in [-0.1, -0.05) is 48.9 Å². The van der Waals surface area contributed by atoms with Gasteiger partial charge in [0.2, 0.25) is 5.91 Å². The zero-order valence-electron chi connectivity index (χ0n) is 30.4. The molecule has 9 rings (SSSR count). The van der Waals surface area contributed by atoms with Gasteiger partial charge in [0.05, 0.1) is 70.9 Å². The number of amides is 1. The van der Waals surface area contributed by atoms with E-state index in [1.165, 1.54) is 37.4 Å². The van der Waals surface area contributed by atoms with E-state index in [-0.39, 0.29) is 5.91 Å². The number of aromatic amines is 2. The molecule has 5 N–H and O–H groups in total. The van der Waals surface area contributed by atoms with Crippen molar-refractivity contribution in [3.05, 3.63) is 57.8 Å². The second kappa shape index (κ2) is 15.9. The van der Waals surface area contributed by atoms with E-state index in [9.17, 15) is 14.7 Å². The van der Waals surface area contributed by atoms with Crippen LogP contribution in [0.25, 0.3) is 21.8 Å². The molecule has 4 atom stereocenters. The molecule has 2 aromatic carbocycles. The molecule has 2 saturated carbocycles. The van der Waals surface area contributed by atoms with E-state index in [4.69, 9.17) is 37.9 Å². The van der Waals surface area contributed by atoms with E-state index in [2.05, 4.69) is 26.7 Å². The Balaban J connectivity index is 1.02. The number of carboxylic acid groups (broad SMARTS) is 1. The number of halogens is 2. The van der Waals surface area contributed by atoms with Gasteiger partial charge in [-0.15, -0.1) is 23.5 Å². The van der Waals surface area contributed by atoms with E-state index >= 15 is 0 Å². The van der Waals surface area contributed by atoms with Crippen LogP contribution in [0.1, 0.15) is 62.8 Å². The summed E-state index contributed by atoms with van der Waals surface area (Å²) in [6.07, 6.45) is 9.41. The van der Waals surface area contributed by atoms with Crippen LogP contribution in [0.5, 0.6) is 0 Å². The average Bonchev–Trinajstić information content (AvgIpc) is 4.02. The smallest absolute Gasteiger partial charge is 0.309 e. The Labute approximate surface area is 338 Å². The van der Waals surface area contributed by atoms with Crippen LogP contribution < -0.4 is 10.6 Å². The molecular formula is C40H45Cl2N7O4S2. The summed E-state index contributed by atoms with van der Waals surface area (Å²) in [4.78, 5) is 47.0. The van der Waals surface area contributed by atoms with Crippen LogP contribution in [0.4, 0.5) is 11.4 Å². The number of carbonyl (C=O) groups is 2. The van der Waals surface area contributed by atoms with E-state index in [1.54, 1.807) is 16.7 Å². The van der Waals surface area contributed by atoms with E-state index in [1.807, 2.05) is 30.3 Å². The minimum atomic E-state index is -1.07. The number of hydrogen-bond acceptors (Lipinski definition) is 9. The molecule has 2 aromatic heterocycles. The van der Waals surface area contributed by atoms with Crippen LogP contribution >= 0.6 is 46.7 Å². The van der Waals surface area contributed by atoms with Gasteiger partial charge in [-0.2, -0.15) is 0 Å². The molecule has 0 bridgehead atoms. The number of aromatic nitrogens is 2. The highest BCUT2D eigenvalue weighted by molar-refractivity contribution is 8.15. The molecule has 0 radical (unpaired) electrons. The number of anilines is 2. The summed E-state index contributed by atoms with van der Waals surface area (Å²) < 4.78 is 5.56. The number of benzene rings is 2. The van der Waals surface area contributed by atoms with Crippen molar-refractivity contribution >= 4 is 102 Å². The third-order valence-corrected chi connectivity index (χ3v) is 14.4. The van der Waals surface area contributed by atoms with Gasteiger partial charge in [0.25, 0.3) is 0 Å². The van der Waals surface area contributed by atoms with Gasteiger partial charge in [0, 0.05) is 57.5 Å². The van der Waals surface area contributed by atoms with Crippen molar-refractivity contribution in [2.75, 3.05) is 48.4 Å². The molecule has 1 saturated heterocycles. The number of thioether (sulfide) groups is 2. The van der Waals surface area contributed by atoms with E-state index in [0.29, 0.717) is 59.9 Å². The Hall–Kier alpha value is -3.36. The van der Waals surface area contributed by atoms with Crippen molar-refractivity contribution in [2.24, 2.45) is 21.8 Å². The number of ether oxygens (including phenoxy) is 1. The number of aliphatic carboxylic acids is 1. The lowest BCUT2D eigenvalue weighted by Gasteiger charge is -2.35. The number of carbonyl (C=O) groups excluding carboxylic acids is 1. The molecule has 4 aromatic rings. The fourth-order valence-electron chi connectivity index (χ4n) is 9.00. The number of nitrogens with zero attached hydrogens (tertiary/aromatic N) is 3. The highest BCUT2D eigenvalue weighted by Crippen LogP contribution is 2.40. The van der Waals surface area contributed by atoms with Gasteiger partial charge in [0.15, 0.2) is 0 Å². The Morgan fingerprint density at radius 3 is 1.69 bits per heavy atom. The summed E-state index contributed by atoms with van der Waals surface area (Å²) in [5.41, 5.74) is 5.51. The number of rotatable bonds is 11. The van der Waals surface area contributed by atoms with Crippen LogP contribution in [-0.4, -0.2) is 104 Å². The molecule has 15 heteroatoms. The Morgan fingerprint density at radius 1 is 0.745 bits per heavy atom. The highest BCUT2D eigenvalue weighted by Gasteiger charge is 2.48. The summed E-state index contributed by atoms with van der Waals surface area (Å²) >= 11 is 16.2. The summed E-state index contributed by atoms with van der Waals surface area (Å²) in [6, 6.07) is 11.6. The molecule has 290 valence electrons. The summed E-state index contributed by atoms with van der Waals surface area (Å²) in [5, 5.41) is 23.1. The molecule has 2 unspecified atom stereocenters. The van der Waals surface area contributed by atoms with Crippen molar-refractivity contribution in [2.45, 2.75) is 75.5 Å². The van der Waals surface area contributed by atoms with Crippen molar-refractivity contribution in [1.29, 1.82) is 0 Å². The molecule has 5 heterocycles.